The molecule has 0 aliphatic rings. The van der Waals surface area contributed by atoms with E-state index in [0.29, 0.717) is 22.5 Å². The summed E-state index contributed by atoms with van der Waals surface area (Å²) in [7, 11) is 3.13. The number of likely N-dealkylation sites (N-methyl/N-ethyl adjacent to an activating group) is 1. The fourth-order valence-electron chi connectivity index (χ4n) is 2.66. The van der Waals surface area contributed by atoms with Gasteiger partial charge in [-0.2, -0.15) is 0 Å². The van der Waals surface area contributed by atoms with Gasteiger partial charge in [0.2, 0.25) is 5.91 Å². The lowest BCUT2D eigenvalue weighted by atomic mass is 10.2. The predicted molar refractivity (Wildman–Crippen MR) is 102 cm³/mol. The normalized spacial score (nSPS) is 11.0. The van der Waals surface area contributed by atoms with Gasteiger partial charge >= 0.3 is 0 Å². The molecule has 2 aromatic carbocycles. The van der Waals surface area contributed by atoms with Crippen LogP contribution in [-0.4, -0.2) is 29.6 Å². The summed E-state index contributed by atoms with van der Waals surface area (Å²) in [6, 6.07) is 14.6. The minimum atomic E-state index is -0.267. The highest BCUT2D eigenvalue weighted by Gasteiger charge is 2.11. The number of aromatic nitrogens is 2. The molecule has 1 heterocycles. The Kier molecular flexibility index (Phi) is 5.12. The number of nitrogens with one attached hydrogen (secondary N) is 1. The molecular weight excluding hydrogens is 330 g/mol. The van der Waals surface area contributed by atoms with Gasteiger partial charge in [0.25, 0.3) is 5.56 Å². The zero-order valence-electron chi connectivity index (χ0n) is 14.6. The molecule has 0 saturated heterocycles. The van der Waals surface area contributed by atoms with Crippen molar-refractivity contribution in [2.75, 3.05) is 14.2 Å². The number of carbonyl (C=O) groups excluding carboxylic acids is 1. The van der Waals surface area contributed by atoms with E-state index in [9.17, 15) is 9.59 Å². The fourth-order valence-corrected chi connectivity index (χ4v) is 2.66. The molecule has 0 saturated carbocycles. The Morgan fingerprint density at radius 3 is 2.65 bits per heavy atom. The standard InChI is InChI=1S/C20H19N3O3/c1-21-19(24)13-23-18(12-11-14-7-3-6-10-17(14)26-2)22-16-9-5-4-8-15(16)20(23)25/h3-12H,13H2,1-2H3,(H,21,24)/b12-11+. The summed E-state index contributed by atoms with van der Waals surface area (Å²) in [6.45, 7) is -0.0984. The molecule has 1 N–H and O–H groups in total. The second-order valence-corrected chi connectivity index (χ2v) is 5.63. The molecule has 0 spiro atoms. The Morgan fingerprint density at radius 1 is 1.15 bits per heavy atom. The van der Waals surface area contributed by atoms with Crippen LogP contribution in [-0.2, 0) is 11.3 Å². The predicted octanol–water partition coefficient (Wildman–Crippen LogP) is 2.32. The van der Waals surface area contributed by atoms with Gasteiger partial charge in [-0.3, -0.25) is 14.2 Å². The summed E-state index contributed by atoms with van der Waals surface area (Å²) < 4.78 is 6.70. The smallest absolute Gasteiger partial charge is 0.262 e. The summed E-state index contributed by atoms with van der Waals surface area (Å²) >= 11 is 0. The van der Waals surface area contributed by atoms with Crippen molar-refractivity contribution < 1.29 is 9.53 Å². The summed E-state index contributed by atoms with van der Waals surface area (Å²) in [4.78, 5) is 29.2. The number of amides is 1. The van der Waals surface area contributed by atoms with E-state index in [-0.39, 0.29) is 18.0 Å². The summed E-state index contributed by atoms with van der Waals surface area (Å²) in [5, 5.41) is 3.02. The molecule has 0 fully saturated rings. The first-order chi connectivity index (χ1) is 12.6. The molecule has 132 valence electrons. The lowest BCUT2D eigenvalue weighted by molar-refractivity contribution is -0.121. The van der Waals surface area contributed by atoms with Gasteiger partial charge in [-0.15, -0.1) is 0 Å². The van der Waals surface area contributed by atoms with Gasteiger partial charge in [0, 0.05) is 12.6 Å². The van der Waals surface area contributed by atoms with Gasteiger partial charge in [-0.05, 0) is 30.4 Å². The molecule has 3 rings (SSSR count). The van der Waals surface area contributed by atoms with Crippen LogP contribution >= 0.6 is 0 Å². The number of hydrogen-bond donors (Lipinski definition) is 1. The molecule has 0 aliphatic heterocycles. The Hall–Kier alpha value is -3.41. The first kappa shape index (κ1) is 17.4. The molecule has 0 atom stereocenters. The molecule has 1 amide bonds. The number of para-hydroxylation sites is 2. The highest BCUT2D eigenvalue weighted by atomic mass is 16.5. The van der Waals surface area contributed by atoms with E-state index in [4.69, 9.17) is 4.74 Å². The average Bonchev–Trinajstić information content (AvgIpc) is 2.68. The Bertz CT molecular complexity index is 1040. The number of methoxy groups -OCH3 is 1. The maximum Gasteiger partial charge on any atom is 0.262 e. The summed E-state index contributed by atoms with van der Waals surface area (Å²) in [5.41, 5.74) is 1.19. The fraction of sp³-hybridized carbons (Fsp3) is 0.150. The van der Waals surface area contributed by atoms with Crippen LogP contribution < -0.4 is 15.6 Å². The molecule has 6 nitrogen and oxygen atoms in total. The van der Waals surface area contributed by atoms with Crippen molar-refractivity contribution in [3.05, 3.63) is 70.3 Å². The van der Waals surface area contributed by atoms with Gasteiger partial charge in [0.1, 0.15) is 18.1 Å². The van der Waals surface area contributed by atoms with Crippen molar-refractivity contribution >= 4 is 29.0 Å². The first-order valence-corrected chi connectivity index (χ1v) is 8.15. The highest BCUT2D eigenvalue weighted by Crippen LogP contribution is 2.20. The van der Waals surface area contributed by atoms with Crippen molar-refractivity contribution in [3.63, 3.8) is 0 Å². The van der Waals surface area contributed by atoms with E-state index < -0.39 is 0 Å². The lowest BCUT2D eigenvalue weighted by Crippen LogP contribution is -2.32. The van der Waals surface area contributed by atoms with E-state index >= 15 is 0 Å². The second kappa shape index (κ2) is 7.65. The third-order valence-corrected chi connectivity index (χ3v) is 4.02. The molecule has 0 aliphatic carbocycles. The number of rotatable bonds is 5. The van der Waals surface area contributed by atoms with E-state index in [0.717, 1.165) is 5.56 Å². The first-order valence-electron chi connectivity index (χ1n) is 8.15. The molecule has 0 unspecified atom stereocenters. The quantitative estimate of drug-likeness (QED) is 0.767. The van der Waals surface area contributed by atoms with Crippen LogP contribution in [0, 0.1) is 0 Å². The lowest BCUT2D eigenvalue weighted by Gasteiger charge is -2.10. The number of ether oxygens (including phenoxy) is 1. The Balaban J connectivity index is 2.14. The molecule has 0 bridgehead atoms. The summed E-state index contributed by atoms with van der Waals surface area (Å²) in [6.07, 6.45) is 3.53. The van der Waals surface area contributed by atoms with E-state index in [1.165, 1.54) is 11.6 Å². The van der Waals surface area contributed by atoms with Crippen LogP contribution in [0.5, 0.6) is 5.75 Å². The third kappa shape index (κ3) is 3.49. The Morgan fingerprint density at radius 2 is 1.88 bits per heavy atom. The van der Waals surface area contributed by atoms with Gasteiger partial charge in [0.15, 0.2) is 0 Å². The van der Waals surface area contributed by atoms with Crippen LogP contribution in [0.15, 0.2) is 53.3 Å². The minimum absolute atomic E-state index is 0.0984. The zero-order chi connectivity index (χ0) is 18.5. The molecular formula is C20H19N3O3. The second-order valence-electron chi connectivity index (χ2n) is 5.63. The molecule has 3 aromatic rings. The number of benzene rings is 2. The summed E-state index contributed by atoms with van der Waals surface area (Å²) in [5.74, 6) is 0.851. The van der Waals surface area contributed by atoms with Crippen LogP contribution in [0.2, 0.25) is 0 Å². The van der Waals surface area contributed by atoms with E-state index in [2.05, 4.69) is 10.3 Å². The van der Waals surface area contributed by atoms with Crippen LogP contribution in [0.4, 0.5) is 0 Å². The largest absolute Gasteiger partial charge is 0.496 e. The average molecular weight is 349 g/mol. The van der Waals surface area contributed by atoms with Crippen molar-refractivity contribution in [2.45, 2.75) is 6.54 Å². The van der Waals surface area contributed by atoms with Gasteiger partial charge in [-0.25, -0.2) is 4.98 Å². The Labute approximate surface area is 150 Å². The van der Waals surface area contributed by atoms with Crippen LogP contribution in [0.25, 0.3) is 23.1 Å². The highest BCUT2D eigenvalue weighted by molar-refractivity contribution is 5.81. The van der Waals surface area contributed by atoms with Gasteiger partial charge < -0.3 is 10.1 Å². The maximum absolute atomic E-state index is 12.8. The molecule has 6 heteroatoms. The SMILES string of the molecule is CNC(=O)Cn1c(/C=C/c2ccccc2OC)nc2ccccc2c1=O. The minimum Gasteiger partial charge on any atom is -0.496 e. The number of fused-ring (bicyclic) bond motifs is 1. The van der Waals surface area contributed by atoms with Crippen molar-refractivity contribution in [2.24, 2.45) is 0 Å². The molecule has 26 heavy (non-hydrogen) atoms. The molecule has 1 aromatic heterocycles. The van der Waals surface area contributed by atoms with Crippen molar-refractivity contribution in [3.8, 4) is 5.75 Å². The number of nitrogens with zero attached hydrogens (tertiary/aromatic N) is 2. The van der Waals surface area contributed by atoms with Crippen LogP contribution in [0.1, 0.15) is 11.4 Å². The van der Waals surface area contributed by atoms with Crippen molar-refractivity contribution in [1.82, 2.24) is 14.9 Å². The number of carbonyl (C=O) groups is 1. The monoisotopic (exact) mass is 349 g/mol. The zero-order valence-corrected chi connectivity index (χ0v) is 14.6. The van der Waals surface area contributed by atoms with E-state index in [1.54, 1.807) is 31.4 Å². The van der Waals surface area contributed by atoms with Crippen molar-refractivity contribution in [1.29, 1.82) is 0 Å². The maximum atomic E-state index is 12.8. The molecule has 0 radical (unpaired) electrons. The third-order valence-electron chi connectivity index (χ3n) is 4.02. The number of hydrogen-bond acceptors (Lipinski definition) is 4. The topological polar surface area (TPSA) is 73.2 Å². The van der Waals surface area contributed by atoms with Gasteiger partial charge in [-0.1, -0.05) is 30.3 Å². The van der Waals surface area contributed by atoms with Crippen LogP contribution in [0.3, 0.4) is 0 Å². The van der Waals surface area contributed by atoms with E-state index in [1.807, 2.05) is 36.4 Å². The van der Waals surface area contributed by atoms with Gasteiger partial charge in [0.05, 0.1) is 18.0 Å².